The average molecular weight is 613 g/mol. The number of hydrogen-bond donors (Lipinski definition) is 2. The zero-order chi connectivity index (χ0) is 30.0. The van der Waals surface area contributed by atoms with Crippen LogP contribution in [0.2, 0.25) is 5.02 Å². The van der Waals surface area contributed by atoms with E-state index in [0.29, 0.717) is 65.3 Å². The number of carbonyl (C=O) groups is 3. The van der Waals surface area contributed by atoms with E-state index in [0.717, 1.165) is 17.1 Å². The molecule has 0 saturated carbocycles. The highest BCUT2D eigenvalue weighted by molar-refractivity contribution is 7.93. The summed E-state index contributed by atoms with van der Waals surface area (Å²) in [5, 5.41) is 6.03. The number of para-hydroxylation sites is 2. The van der Waals surface area contributed by atoms with Gasteiger partial charge in [0.15, 0.2) is 5.76 Å². The summed E-state index contributed by atoms with van der Waals surface area (Å²) in [5.41, 5.74) is 1.54. The summed E-state index contributed by atoms with van der Waals surface area (Å²) in [7, 11) is -4.25. The Morgan fingerprint density at radius 3 is 2.43 bits per heavy atom. The van der Waals surface area contributed by atoms with Gasteiger partial charge in [-0.05, 0) is 86.6 Å². The number of furan rings is 1. The number of nitrogens with zero attached hydrogens (tertiary/aromatic N) is 2. The van der Waals surface area contributed by atoms with Crippen LogP contribution in [0.1, 0.15) is 47.4 Å². The van der Waals surface area contributed by atoms with Crippen molar-refractivity contribution in [3.05, 3.63) is 76.7 Å². The van der Waals surface area contributed by atoms with Gasteiger partial charge in [0.05, 0.1) is 29.0 Å². The number of carbonyl (C=O) groups excluding carboxylic acids is 3. The van der Waals surface area contributed by atoms with E-state index in [4.69, 9.17) is 16.0 Å². The standard InChI is InChI=1S/C30H33ClN4O6S/c1-19-16-22(31)17-20(2)28(19)42(39,40)35-24-7-4-3-6-23(24)33-29(37)25(35)18-27(36)32-12-9-21-10-13-34(14-11-21)30(38)26-8-5-15-41-26/h3-8,15-17,21,25H,9-14,18H2,1-2H3,(H,32,36)(H,33,37). The Bertz CT molecular complexity index is 1580. The molecule has 1 saturated heterocycles. The number of anilines is 2. The Morgan fingerprint density at radius 2 is 1.76 bits per heavy atom. The molecule has 5 rings (SSSR count). The van der Waals surface area contributed by atoms with Gasteiger partial charge in [0, 0.05) is 24.7 Å². The summed E-state index contributed by atoms with van der Waals surface area (Å²) in [6.07, 6.45) is 3.44. The first-order chi connectivity index (χ1) is 20.1. The van der Waals surface area contributed by atoms with E-state index in [2.05, 4.69) is 10.6 Å². The van der Waals surface area contributed by atoms with Crippen LogP contribution in [-0.4, -0.2) is 56.7 Å². The number of piperidine rings is 1. The Labute approximate surface area is 250 Å². The molecular weight excluding hydrogens is 580 g/mol. The number of likely N-dealkylation sites (tertiary alicyclic amines) is 1. The maximum Gasteiger partial charge on any atom is 0.289 e. The fraction of sp³-hybridized carbons (Fsp3) is 0.367. The van der Waals surface area contributed by atoms with E-state index >= 15 is 0 Å². The lowest BCUT2D eigenvalue weighted by atomic mass is 9.93. The number of fused-ring (bicyclic) bond motifs is 1. The van der Waals surface area contributed by atoms with Gasteiger partial charge in [0.1, 0.15) is 6.04 Å². The highest BCUT2D eigenvalue weighted by atomic mass is 35.5. The quantitative estimate of drug-likeness (QED) is 0.385. The molecule has 0 bridgehead atoms. The zero-order valence-corrected chi connectivity index (χ0v) is 25.0. The Kier molecular flexibility index (Phi) is 8.60. The third-order valence-electron chi connectivity index (χ3n) is 7.81. The second-order valence-corrected chi connectivity index (χ2v) is 12.9. The second-order valence-electron chi connectivity index (χ2n) is 10.7. The normalized spacial score (nSPS) is 17.5. The number of aryl methyl sites for hydroxylation is 2. The molecule has 222 valence electrons. The molecular formula is C30H33ClN4O6S. The lowest BCUT2D eigenvalue weighted by Gasteiger charge is -2.37. The number of rotatable bonds is 8. The topological polar surface area (TPSA) is 129 Å². The summed E-state index contributed by atoms with van der Waals surface area (Å²) in [4.78, 5) is 40.6. The summed E-state index contributed by atoms with van der Waals surface area (Å²) < 4.78 is 34.6. The molecule has 1 aromatic heterocycles. The van der Waals surface area contributed by atoms with Crippen molar-refractivity contribution in [3.8, 4) is 0 Å². The number of benzene rings is 2. The van der Waals surface area contributed by atoms with Crippen LogP contribution in [0.4, 0.5) is 11.4 Å². The lowest BCUT2D eigenvalue weighted by molar-refractivity contribution is -0.125. The fourth-order valence-corrected chi connectivity index (χ4v) is 8.16. The van der Waals surface area contributed by atoms with Crippen LogP contribution in [0, 0.1) is 19.8 Å². The first-order valence-electron chi connectivity index (χ1n) is 13.9. The molecule has 2 aliphatic heterocycles. The maximum absolute atomic E-state index is 14.1. The molecule has 1 unspecified atom stereocenters. The van der Waals surface area contributed by atoms with Gasteiger partial charge in [0.2, 0.25) is 11.8 Å². The van der Waals surface area contributed by atoms with Crippen molar-refractivity contribution in [1.29, 1.82) is 0 Å². The highest BCUT2D eigenvalue weighted by Gasteiger charge is 2.43. The third kappa shape index (κ3) is 6.03. The van der Waals surface area contributed by atoms with Crippen molar-refractivity contribution in [2.75, 3.05) is 29.3 Å². The molecule has 0 spiro atoms. The summed E-state index contributed by atoms with van der Waals surface area (Å²) >= 11 is 6.16. The summed E-state index contributed by atoms with van der Waals surface area (Å²) in [5.74, 6) is -0.478. The van der Waals surface area contributed by atoms with Crippen molar-refractivity contribution in [3.63, 3.8) is 0 Å². The molecule has 3 aromatic rings. The molecule has 42 heavy (non-hydrogen) atoms. The van der Waals surface area contributed by atoms with Crippen LogP contribution in [-0.2, 0) is 19.6 Å². The van der Waals surface area contributed by atoms with Gasteiger partial charge in [-0.1, -0.05) is 23.7 Å². The SMILES string of the molecule is Cc1cc(Cl)cc(C)c1S(=O)(=O)N1c2ccccc2NC(=O)C1CC(=O)NCCC1CCN(C(=O)c2ccco2)CC1. The molecule has 2 N–H and O–H groups in total. The fourth-order valence-electron chi connectivity index (χ4n) is 5.78. The van der Waals surface area contributed by atoms with Gasteiger partial charge < -0.3 is 20.0 Å². The van der Waals surface area contributed by atoms with Crippen LogP contribution in [0.5, 0.6) is 0 Å². The first kappa shape index (κ1) is 29.7. The molecule has 0 radical (unpaired) electrons. The van der Waals surface area contributed by atoms with E-state index in [9.17, 15) is 22.8 Å². The summed E-state index contributed by atoms with van der Waals surface area (Å²) in [6.45, 7) is 4.90. The van der Waals surface area contributed by atoms with Crippen LogP contribution >= 0.6 is 11.6 Å². The zero-order valence-electron chi connectivity index (χ0n) is 23.4. The number of nitrogens with one attached hydrogen (secondary N) is 2. The van der Waals surface area contributed by atoms with E-state index in [1.54, 1.807) is 67.3 Å². The first-order valence-corrected chi connectivity index (χ1v) is 15.7. The van der Waals surface area contributed by atoms with Gasteiger partial charge in [-0.3, -0.25) is 18.7 Å². The van der Waals surface area contributed by atoms with Gasteiger partial charge in [-0.2, -0.15) is 0 Å². The molecule has 2 aliphatic rings. The monoisotopic (exact) mass is 612 g/mol. The third-order valence-corrected chi connectivity index (χ3v) is 10.2. The molecule has 0 aliphatic carbocycles. The van der Waals surface area contributed by atoms with Crippen molar-refractivity contribution < 1.29 is 27.2 Å². The largest absolute Gasteiger partial charge is 0.459 e. The number of hydrogen-bond acceptors (Lipinski definition) is 6. The van der Waals surface area contributed by atoms with E-state index in [1.807, 2.05) is 0 Å². The predicted octanol–water partition coefficient (Wildman–Crippen LogP) is 4.51. The van der Waals surface area contributed by atoms with Crippen molar-refractivity contribution in [1.82, 2.24) is 10.2 Å². The predicted molar refractivity (Wildman–Crippen MR) is 159 cm³/mol. The highest BCUT2D eigenvalue weighted by Crippen LogP contribution is 2.39. The molecule has 1 atom stereocenters. The van der Waals surface area contributed by atoms with Crippen molar-refractivity contribution >= 4 is 50.7 Å². The molecule has 12 heteroatoms. The maximum atomic E-state index is 14.1. The average Bonchev–Trinajstić information content (AvgIpc) is 3.48. The minimum Gasteiger partial charge on any atom is -0.459 e. The van der Waals surface area contributed by atoms with E-state index < -0.39 is 27.9 Å². The molecule has 2 aromatic carbocycles. The van der Waals surface area contributed by atoms with Crippen LogP contribution in [0.15, 0.2) is 64.1 Å². The van der Waals surface area contributed by atoms with Crippen LogP contribution < -0.4 is 14.9 Å². The van der Waals surface area contributed by atoms with Gasteiger partial charge in [0.25, 0.3) is 15.9 Å². The van der Waals surface area contributed by atoms with Gasteiger partial charge in [-0.15, -0.1) is 0 Å². The Morgan fingerprint density at radius 1 is 1.07 bits per heavy atom. The van der Waals surface area contributed by atoms with Crippen LogP contribution in [0.3, 0.4) is 0 Å². The number of sulfonamides is 1. The minimum absolute atomic E-state index is 0.0543. The van der Waals surface area contributed by atoms with Crippen LogP contribution in [0.25, 0.3) is 0 Å². The smallest absolute Gasteiger partial charge is 0.289 e. The van der Waals surface area contributed by atoms with Crippen molar-refractivity contribution in [2.45, 2.75) is 50.5 Å². The molecule has 3 heterocycles. The lowest BCUT2D eigenvalue weighted by Crippen LogP contribution is -2.53. The minimum atomic E-state index is -4.25. The number of amides is 3. The van der Waals surface area contributed by atoms with E-state index in [-0.39, 0.29) is 17.2 Å². The number of halogens is 1. The van der Waals surface area contributed by atoms with Gasteiger partial charge >= 0.3 is 0 Å². The summed E-state index contributed by atoms with van der Waals surface area (Å²) in [6, 6.07) is 11.8. The molecule has 3 amide bonds. The van der Waals surface area contributed by atoms with Crippen molar-refractivity contribution in [2.24, 2.45) is 5.92 Å². The Hall–Kier alpha value is -3.83. The van der Waals surface area contributed by atoms with E-state index in [1.165, 1.54) is 6.26 Å². The Balaban J connectivity index is 1.25. The second kappa shape index (κ2) is 12.2. The molecule has 1 fully saturated rings. The van der Waals surface area contributed by atoms with Gasteiger partial charge in [-0.25, -0.2) is 8.42 Å². The molecule has 10 nitrogen and oxygen atoms in total.